The summed E-state index contributed by atoms with van der Waals surface area (Å²) < 4.78 is 16.2. The maximum absolute atomic E-state index is 12.1. The molecular formula is C20H20ClN5O4. The molecule has 0 radical (unpaired) electrons. The lowest BCUT2D eigenvalue weighted by atomic mass is 10.1. The van der Waals surface area contributed by atoms with Crippen LogP contribution >= 0.6 is 11.6 Å². The molecule has 0 saturated carbocycles. The van der Waals surface area contributed by atoms with Crippen molar-refractivity contribution in [1.82, 2.24) is 15.0 Å². The lowest BCUT2D eigenvalue weighted by Gasteiger charge is -2.17. The Labute approximate surface area is 178 Å². The lowest BCUT2D eigenvalue weighted by Crippen LogP contribution is -2.16. The number of para-hydroxylation sites is 1. The maximum atomic E-state index is 12.1. The minimum Gasteiger partial charge on any atom is -0.494 e. The molecule has 3 rings (SSSR count). The summed E-state index contributed by atoms with van der Waals surface area (Å²) in [5.74, 6) is 0.879. The first-order chi connectivity index (χ1) is 14.5. The molecule has 30 heavy (non-hydrogen) atoms. The number of benzene rings is 1. The first-order valence-electron chi connectivity index (χ1n) is 8.93. The second kappa shape index (κ2) is 9.27. The number of nitrogens with zero attached hydrogens (tertiary/aromatic N) is 3. The van der Waals surface area contributed by atoms with E-state index in [4.69, 9.17) is 31.5 Å². The predicted molar refractivity (Wildman–Crippen MR) is 113 cm³/mol. The van der Waals surface area contributed by atoms with Crippen LogP contribution in [0.25, 0.3) is 11.3 Å². The van der Waals surface area contributed by atoms with Gasteiger partial charge in [0, 0.05) is 11.6 Å². The molecule has 1 aromatic carbocycles. The zero-order chi connectivity index (χ0) is 21.7. The van der Waals surface area contributed by atoms with Gasteiger partial charge in [0.25, 0.3) is 5.91 Å². The van der Waals surface area contributed by atoms with Gasteiger partial charge in [-0.2, -0.15) is 0 Å². The summed E-state index contributed by atoms with van der Waals surface area (Å²) in [7, 11) is 3.08. The van der Waals surface area contributed by atoms with Gasteiger partial charge in [-0.3, -0.25) is 4.79 Å². The van der Waals surface area contributed by atoms with E-state index in [9.17, 15) is 4.79 Å². The summed E-state index contributed by atoms with van der Waals surface area (Å²) in [6, 6.07) is 8.56. The number of aromatic nitrogens is 3. The molecule has 0 saturated heterocycles. The number of hydrogen-bond donors (Lipinski definition) is 2. The molecule has 2 aromatic heterocycles. The van der Waals surface area contributed by atoms with Crippen LogP contribution in [0.3, 0.4) is 0 Å². The van der Waals surface area contributed by atoms with E-state index in [-0.39, 0.29) is 22.4 Å². The van der Waals surface area contributed by atoms with Crippen molar-refractivity contribution in [1.29, 1.82) is 0 Å². The number of methoxy groups -OCH3 is 2. The van der Waals surface area contributed by atoms with Crippen LogP contribution in [0.15, 0.2) is 36.5 Å². The highest BCUT2D eigenvalue weighted by Crippen LogP contribution is 2.39. The zero-order valence-electron chi connectivity index (χ0n) is 16.6. The molecule has 0 unspecified atom stereocenters. The molecule has 0 aliphatic heterocycles. The maximum Gasteiger partial charge on any atom is 0.268 e. The van der Waals surface area contributed by atoms with Crippen molar-refractivity contribution in [3.8, 4) is 28.6 Å². The standard InChI is InChI=1S/C20H20ClN5O4/c1-4-30-15-9-8-11(16(25-15)19(22)27)17-20(23-10-14(21)24-17)26-18-12(28-2)6-5-7-13(18)29-3/h5-10H,4H2,1-3H3,(H2,22,27)(H,23,26). The average molecular weight is 430 g/mol. The lowest BCUT2D eigenvalue weighted by molar-refractivity contribution is 0.0995. The van der Waals surface area contributed by atoms with Gasteiger partial charge in [-0.15, -0.1) is 0 Å². The Hall–Kier alpha value is -3.59. The number of carbonyl (C=O) groups is 1. The van der Waals surface area contributed by atoms with Crippen molar-refractivity contribution in [2.24, 2.45) is 5.73 Å². The molecule has 9 nitrogen and oxygen atoms in total. The van der Waals surface area contributed by atoms with Gasteiger partial charge in [0.2, 0.25) is 5.88 Å². The third-order valence-electron chi connectivity index (χ3n) is 4.06. The number of amides is 1. The number of carbonyl (C=O) groups excluding carboxylic acids is 1. The topological polar surface area (TPSA) is 121 Å². The molecule has 3 N–H and O–H groups in total. The van der Waals surface area contributed by atoms with Crippen LogP contribution in [-0.2, 0) is 0 Å². The van der Waals surface area contributed by atoms with Gasteiger partial charge in [-0.1, -0.05) is 17.7 Å². The number of anilines is 2. The number of ether oxygens (including phenoxy) is 3. The SMILES string of the molecule is CCOc1ccc(-c2nc(Cl)cnc2Nc2c(OC)cccc2OC)c(C(N)=O)n1. The summed E-state index contributed by atoms with van der Waals surface area (Å²) in [6.45, 7) is 2.20. The van der Waals surface area contributed by atoms with E-state index >= 15 is 0 Å². The predicted octanol–water partition coefficient (Wildman–Crippen LogP) is 3.45. The smallest absolute Gasteiger partial charge is 0.268 e. The fraction of sp³-hybridized carbons (Fsp3) is 0.200. The van der Waals surface area contributed by atoms with Crippen molar-refractivity contribution in [3.63, 3.8) is 0 Å². The number of primary amides is 1. The van der Waals surface area contributed by atoms with Crippen LogP contribution in [0.2, 0.25) is 5.15 Å². The summed E-state index contributed by atoms with van der Waals surface area (Å²) >= 11 is 6.09. The number of hydrogen-bond acceptors (Lipinski definition) is 8. The third-order valence-corrected chi connectivity index (χ3v) is 4.25. The summed E-state index contributed by atoms with van der Waals surface area (Å²) in [5.41, 5.74) is 6.68. The van der Waals surface area contributed by atoms with Crippen LogP contribution < -0.4 is 25.3 Å². The highest BCUT2D eigenvalue weighted by atomic mass is 35.5. The van der Waals surface area contributed by atoms with E-state index in [1.807, 2.05) is 6.92 Å². The molecule has 0 fully saturated rings. The molecule has 1 amide bonds. The van der Waals surface area contributed by atoms with Crippen LogP contribution in [0.4, 0.5) is 11.5 Å². The van der Waals surface area contributed by atoms with Crippen molar-refractivity contribution in [2.75, 3.05) is 26.1 Å². The van der Waals surface area contributed by atoms with E-state index in [1.54, 1.807) is 30.3 Å². The van der Waals surface area contributed by atoms with Gasteiger partial charge in [-0.25, -0.2) is 15.0 Å². The second-order valence-corrected chi connectivity index (χ2v) is 6.28. The van der Waals surface area contributed by atoms with Gasteiger partial charge in [0.15, 0.2) is 5.82 Å². The number of pyridine rings is 1. The first kappa shape index (κ1) is 21.1. The molecule has 2 heterocycles. The van der Waals surface area contributed by atoms with Gasteiger partial charge in [-0.05, 0) is 25.1 Å². The Morgan fingerprint density at radius 3 is 2.43 bits per heavy atom. The number of rotatable bonds is 8. The van der Waals surface area contributed by atoms with Gasteiger partial charge < -0.3 is 25.3 Å². The normalized spacial score (nSPS) is 10.4. The fourth-order valence-electron chi connectivity index (χ4n) is 2.79. The fourth-order valence-corrected chi connectivity index (χ4v) is 2.92. The summed E-state index contributed by atoms with van der Waals surface area (Å²) in [5, 5.41) is 3.28. The van der Waals surface area contributed by atoms with E-state index in [0.29, 0.717) is 35.2 Å². The molecule has 0 aliphatic rings. The zero-order valence-corrected chi connectivity index (χ0v) is 17.4. The third kappa shape index (κ3) is 4.36. The monoisotopic (exact) mass is 429 g/mol. The first-order valence-corrected chi connectivity index (χ1v) is 9.30. The average Bonchev–Trinajstić information content (AvgIpc) is 2.75. The molecule has 10 heteroatoms. The molecule has 0 bridgehead atoms. The van der Waals surface area contributed by atoms with Gasteiger partial charge in [0.1, 0.15) is 33.7 Å². The molecule has 156 valence electrons. The van der Waals surface area contributed by atoms with Crippen molar-refractivity contribution in [2.45, 2.75) is 6.92 Å². The Balaban J connectivity index is 2.16. The number of nitrogens with two attached hydrogens (primary N) is 1. The van der Waals surface area contributed by atoms with E-state index in [1.165, 1.54) is 20.4 Å². The summed E-state index contributed by atoms with van der Waals surface area (Å²) in [6.07, 6.45) is 1.38. The Morgan fingerprint density at radius 2 is 1.83 bits per heavy atom. The number of halogens is 1. The van der Waals surface area contributed by atoms with E-state index < -0.39 is 5.91 Å². The molecule has 0 atom stereocenters. The quantitative estimate of drug-likeness (QED) is 0.558. The Morgan fingerprint density at radius 1 is 1.13 bits per heavy atom. The highest BCUT2D eigenvalue weighted by Gasteiger charge is 2.21. The van der Waals surface area contributed by atoms with Gasteiger partial charge in [0.05, 0.1) is 27.0 Å². The molecule has 0 spiro atoms. The van der Waals surface area contributed by atoms with Crippen molar-refractivity contribution < 1.29 is 19.0 Å². The van der Waals surface area contributed by atoms with Crippen LogP contribution in [0, 0.1) is 0 Å². The van der Waals surface area contributed by atoms with Crippen molar-refractivity contribution in [3.05, 3.63) is 47.4 Å². The second-order valence-electron chi connectivity index (χ2n) is 5.90. The highest BCUT2D eigenvalue weighted by molar-refractivity contribution is 6.29. The summed E-state index contributed by atoms with van der Waals surface area (Å²) in [4.78, 5) is 24.9. The van der Waals surface area contributed by atoms with Crippen LogP contribution in [0.1, 0.15) is 17.4 Å². The minimum atomic E-state index is -0.742. The van der Waals surface area contributed by atoms with E-state index in [2.05, 4.69) is 20.3 Å². The molecular weight excluding hydrogens is 410 g/mol. The Bertz CT molecular complexity index is 1050. The Kier molecular flexibility index (Phi) is 6.53. The van der Waals surface area contributed by atoms with Crippen LogP contribution in [-0.4, -0.2) is 41.7 Å². The molecule has 0 aliphatic carbocycles. The number of nitrogens with one attached hydrogen (secondary N) is 1. The van der Waals surface area contributed by atoms with E-state index in [0.717, 1.165) is 0 Å². The largest absolute Gasteiger partial charge is 0.494 e. The van der Waals surface area contributed by atoms with Gasteiger partial charge >= 0.3 is 0 Å². The molecule has 3 aromatic rings. The van der Waals surface area contributed by atoms with Crippen LogP contribution in [0.5, 0.6) is 17.4 Å². The van der Waals surface area contributed by atoms with Crippen molar-refractivity contribution >= 4 is 29.0 Å². The minimum absolute atomic E-state index is 0.0208.